The number of nitrogens with two attached hydrogens (primary N) is 1. The first-order chi connectivity index (χ1) is 4.00. The van der Waals surface area contributed by atoms with Gasteiger partial charge >= 0.3 is 33.6 Å². The number of hydrogen-bond acceptors (Lipinski definition) is 7. The molecule has 8 nitrogen and oxygen atoms in total. The Balaban J connectivity index is -0.0000000457. The molecule has 0 aromatic carbocycles. The van der Waals surface area contributed by atoms with Gasteiger partial charge in [0.15, 0.2) is 10.3 Å². The maximum absolute atomic E-state index is 8.85. The Kier molecular flexibility index (Phi) is 16.0. The molecular formula is H2Co2NO7S2+. The molecule has 0 amide bonds. The molecule has 0 atom stereocenters. The van der Waals surface area contributed by atoms with Crippen molar-refractivity contribution in [3.63, 3.8) is 0 Å². The van der Waals surface area contributed by atoms with E-state index in [0.717, 1.165) is 0 Å². The smallest absolute Gasteiger partial charge is 0.759 e. The van der Waals surface area contributed by atoms with Gasteiger partial charge in [-0.15, -0.1) is 0 Å². The SMILES string of the molecule is NS(=O)(=O)[O-].O=S(=O)([O-])[O-].[Co+2].[Co+2]. The average molecular weight is 310 g/mol. The summed E-state index contributed by atoms with van der Waals surface area (Å²) >= 11 is 0. The summed E-state index contributed by atoms with van der Waals surface area (Å²) in [6.45, 7) is 0. The van der Waals surface area contributed by atoms with Gasteiger partial charge in [-0.25, -0.2) is 13.6 Å². The van der Waals surface area contributed by atoms with Gasteiger partial charge in [0.1, 0.15) is 0 Å². The van der Waals surface area contributed by atoms with Crippen molar-refractivity contribution in [1.82, 2.24) is 0 Å². The molecule has 12 heavy (non-hydrogen) atoms. The molecule has 2 N–H and O–H groups in total. The van der Waals surface area contributed by atoms with Crippen molar-refractivity contribution >= 4 is 20.7 Å². The van der Waals surface area contributed by atoms with Crippen molar-refractivity contribution < 1.29 is 64.1 Å². The van der Waals surface area contributed by atoms with Crippen molar-refractivity contribution in [1.29, 1.82) is 0 Å². The molecule has 12 heteroatoms. The molecule has 0 aliphatic heterocycles. The van der Waals surface area contributed by atoms with Crippen molar-refractivity contribution in [2.24, 2.45) is 5.14 Å². The molecule has 0 rings (SSSR count). The Hall–Kier alpha value is 0.753. The Bertz CT molecular complexity index is 216. The van der Waals surface area contributed by atoms with Crippen molar-refractivity contribution in [3.8, 4) is 0 Å². The summed E-state index contributed by atoms with van der Waals surface area (Å²) in [4.78, 5) is 0. The molecule has 0 heterocycles. The molecule has 0 saturated carbocycles. The van der Waals surface area contributed by atoms with Crippen LogP contribution in [0.1, 0.15) is 0 Å². The Morgan fingerprint density at radius 2 is 0.833 bits per heavy atom. The third-order valence-electron chi connectivity index (χ3n) is 0. The van der Waals surface area contributed by atoms with E-state index in [2.05, 4.69) is 5.14 Å². The molecule has 0 saturated heterocycles. The summed E-state index contributed by atoms with van der Waals surface area (Å²) in [5, 5.41) is 3.77. The van der Waals surface area contributed by atoms with E-state index in [9.17, 15) is 0 Å². The topological polar surface area (TPSA) is 163 Å². The fraction of sp³-hybridized carbons (Fsp3) is 0. The van der Waals surface area contributed by atoms with E-state index in [1.807, 2.05) is 0 Å². The summed E-state index contributed by atoms with van der Waals surface area (Å²) in [5.41, 5.74) is 0. The maximum atomic E-state index is 8.85. The molecule has 0 unspecified atom stereocenters. The summed E-state index contributed by atoms with van der Waals surface area (Å²) in [7, 11) is -9.58. The van der Waals surface area contributed by atoms with Crippen LogP contribution in [0.4, 0.5) is 0 Å². The Morgan fingerprint density at radius 1 is 0.833 bits per heavy atom. The van der Waals surface area contributed by atoms with Gasteiger partial charge in [-0.1, -0.05) is 0 Å². The van der Waals surface area contributed by atoms with Gasteiger partial charge in [-0.2, -0.15) is 0 Å². The second-order valence-corrected chi connectivity index (χ2v) is 2.70. The molecule has 0 aliphatic carbocycles. The van der Waals surface area contributed by atoms with Crippen LogP contribution in [-0.2, 0) is 54.3 Å². The molecule has 78 valence electrons. The number of rotatable bonds is 0. The van der Waals surface area contributed by atoms with Crippen molar-refractivity contribution in [2.45, 2.75) is 0 Å². The fourth-order valence-electron chi connectivity index (χ4n) is 0. The maximum Gasteiger partial charge on any atom is 2.00 e. The van der Waals surface area contributed by atoms with Gasteiger partial charge in [-0.3, -0.25) is 8.42 Å². The van der Waals surface area contributed by atoms with Crippen LogP contribution in [0.3, 0.4) is 0 Å². The molecule has 0 aliphatic rings. The van der Waals surface area contributed by atoms with Gasteiger partial charge in [0.05, 0.1) is 0 Å². The van der Waals surface area contributed by atoms with E-state index in [0.29, 0.717) is 0 Å². The minimum atomic E-state index is -5.17. The molecule has 2 radical (unpaired) electrons. The van der Waals surface area contributed by atoms with E-state index >= 15 is 0 Å². The molecular weight excluding hydrogens is 308 g/mol. The van der Waals surface area contributed by atoms with Crippen LogP contribution in [-0.4, -0.2) is 30.5 Å². The Morgan fingerprint density at radius 3 is 0.833 bits per heavy atom. The summed E-state index contributed by atoms with van der Waals surface area (Å²) in [5.74, 6) is 0. The third-order valence-corrected chi connectivity index (χ3v) is 0. The van der Waals surface area contributed by atoms with E-state index in [1.165, 1.54) is 0 Å². The van der Waals surface area contributed by atoms with Crippen LogP contribution in [0.15, 0.2) is 0 Å². The zero-order valence-electron chi connectivity index (χ0n) is 4.92. The monoisotopic (exact) mass is 310 g/mol. The van der Waals surface area contributed by atoms with Crippen LogP contribution < -0.4 is 5.14 Å². The number of hydrogen-bond donors (Lipinski definition) is 1. The first-order valence-corrected chi connectivity index (χ1v) is 4.21. The second kappa shape index (κ2) is 8.36. The van der Waals surface area contributed by atoms with Crippen molar-refractivity contribution in [3.05, 3.63) is 0 Å². The van der Waals surface area contributed by atoms with Gasteiger partial charge in [0, 0.05) is 10.4 Å². The van der Waals surface area contributed by atoms with E-state index in [-0.39, 0.29) is 33.6 Å². The minimum absolute atomic E-state index is 0. The predicted molar refractivity (Wildman–Crippen MR) is 24.4 cm³/mol. The normalized spacial score (nSPS) is 9.67. The Labute approximate surface area is 89.8 Å². The quantitative estimate of drug-likeness (QED) is 0.369. The minimum Gasteiger partial charge on any atom is -0.759 e. The zero-order chi connectivity index (χ0) is 9.00. The summed E-state index contributed by atoms with van der Waals surface area (Å²) < 4.78 is 60.6. The largest absolute Gasteiger partial charge is 2.00 e. The van der Waals surface area contributed by atoms with Crippen LogP contribution in [0.5, 0.6) is 0 Å². The first-order valence-electron chi connectivity index (χ1n) is 1.40. The molecule has 0 spiro atoms. The van der Waals surface area contributed by atoms with Crippen LogP contribution in [0, 0.1) is 0 Å². The van der Waals surface area contributed by atoms with E-state index in [1.54, 1.807) is 0 Å². The summed E-state index contributed by atoms with van der Waals surface area (Å²) in [6.07, 6.45) is 0. The molecule has 0 bridgehead atoms. The van der Waals surface area contributed by atoms with Gasteiger partial charge in [0.2, 0.25) is 0 Å². The standard InChI is InChI=1S/2Co.H3NO3S.H2O4S/c;;2*1-5(2,3)4/h;;(H3,1,2,3,4);(H2,1,2,3,4)/q2*+2;;/p-3. The second-order valence-electron chi connectivity index (χ2n) is 0.901. The van der Waals surface area contributed by atoms with Gasteiger partial charge in [-0.05, 0) is 0 Å². The van der Waals surface area contributed by atoms with Gasteiger partial charge in [0.25, 0.3) is 0 Å². The zero-order valence-corrected chi connectivity index (χ0v) is 8.63. The third kappa shape index (κ3) is 1800. The fourth-order valence-corrected chi connectivity index (χ4v) is 0. The molecule has 0 fully saturated rings. The van der Waals surface area contributed by atoms with E-state index < -0.39 is 20.7 Å². The van der Waals surface area contributed by atoms with E-state index in [4.69, 9.17) is 30.5 Å². The average Bonchev–Trinajstić information content (AvgIpc) is 1.12. The van der Waals surface area contributed by atoms with Crippen LogP contribution in [0.2, 0.25) is 0 Å². The first kappa shape index (κ1) is 23.0. The molecule has 0 aromatic rings. The molecule has 0 aromatic heterocycles. The van der Waals surface area contributed by atoms with Crippen LogP contribution in [0.25, 0.3) is 0 Å². The van der Waals surface area contributed by atoms with Gasteiger partial charge < -0.3 is 13.7 Å². The van der Waals surface area contributed by atoms with Crippen molar-refractivity contribution in [2.75, 3.05) is 0 Å². The van der Waals surface area contributed by atoms with Crippen LogP contribution >= 0.6 is 0 Å². The predicted octanol–water partition coefficient (Wildman–Crippen LogP) is -2.94. The summed E-state index contributed by atoms with van der Waals surface area (Å²) in [6, 6.07) is 0.